The number of hydrogen-bond acceptors (Lipinski definition) is 3. The molecule has 0 spiro atoms. The molecule has 118 valence electrons. The summed E-state index contributed by atoms with van der Waals surface area (Å²) in [5.41, 5.74) is 1.72. The third kappa shape index (κ3) is 3.31. The Kier molecular flexibility index (Phi) is 4.75. The van der Waals surface area contributed by atoms with E-state index in [9.17, 15) is 9.90 Å². The number of H-pyrrole nitrogens is 1. The number of piperidine rings is 1. The van der Waals surface area contributed by atoms with Gasteiger partial charge in [0, 0.05) is 41.8 Å². The number of carbonyl (C=O) groups is 1. The van der Waals surface area contributed by atoms with Crippen LogP contribution in [-0.2, 0) is 0 Å². The number of fused-ring (bicyclic) bond motifs is 1. The summed E-state index contributed by atoms with van der Waals surface area (Å²) in [5.74, 6) is -0.0411. The Bertz CT molecular complexity index is 638. The average Bonchev–Trinajstić information content (AvgIpc) is 3.02. The molecule has 0 bridgehead atoms. The minimum Gasteiger partial charge on any atom is -0.395 e. The van der Waals surface area contributed by atoms with Crippen molar-refractivity contribution in [1.82, 2.24) is 15.2 Å². The second-order valence-corrected chi connectivity index (χ2v) is 5.90. The van der Waals surface area contributed by atoms with Crippen LogP contribution in [0.4, 0.5) is 0 Å². The largest absolute Gasteiger partial charge is 0.395 e. The fourth-order valence-corrected chi connectivity index (χ4v) is 3.17. The molecule has 1 atom stereocenters. The van der Waals surface area contributed by atoms with E-state index in [1.165, 1.54) is 12.8 Å². The van der Waals surface area contributed by atoms with Crippen LogP contribution in [0.2, 0.25) is 0 Å². The Hall–Kier alpha value is -1.85. The number of carbonyl (C=O) groups excluding carboxylic acids is 1. The number of nitrogens with one attached hydrogen (secondary N) is 2. The van der Waals surface area contributed by atoms with Crippen LogP contribution >= 0.6 is 0 Å². The van der Waals surface area contributed by atoms with Gasteiger partial charge in [-0.15, -0.1) is 0 Å². The van der Waals surface area contributed by atoms with Crippen LogP contribution in [-0.4, -0.2) is 53.2 Å². The van der Waals surface area contributed by atoms with E-state index in [2.05, 4.69) is 15.2 Å². The fourth-order valence-electron chi connectivity index (χ4n) is 3.17. The Morgan fingerprint density at radius 2 is 2.27 bits per heavy atom. The van der Waals surface area contributed by atoms with E-state index in [4.69, 9.17) is 0 Å². The minimum absolute atomic E-state index is 0.0411. The number of aliphatic hydroxyl groups is 1. The van der Waals surface area contributed by atoms with Gasteiger partial charge in [0.1, 0.15) is 0 Å². The van der Waals surface area contributed by atoms with Gasteiger partial charge in [0.15, 0.2) is 0 Å². The van der Waals surface area contributed by atoms with Gasteiger partial charge in [0.05, 0.1) is 6.61 Å². The number of hydrogen-bond donors (Lipinski definition) is 3. The number of aromatic amines is 1. The molecule has 1 aromatic carbocycles. The highest BCUT2D eigenvalue weighted by atomic mass is 16.3. The highest BCUT2D eigenvalue weighted by Gasteiger charge is 2.21. The number of rotatable bonds is 5. The number of amides is 1. The normalized spacial score (nSPS) is 19.4. The van der Waals surface area contributed by atoms with Crippen LogP contribution < -0.4 is 5.32 Å². The van der Waals surface area contributed by atoms with Crippen LogP contribution in [0, 0.1) is 0 Å². The van der Waals surface area contributed by atoms with Crippen molar-refractivity contribution < 1.29 is 9.90 Å². The van der Waals surface area contributed by atoms with Crippen molar-refractivity contribution in [2.75, 3.05) is 26.2 Å². The molecule has 2 aromatic rings. The first-order valence-electron chi connectivity index (χ1n) is 7.98. The van der Waals surface area contributed by atoms with E-state index < -0.39 is 0 Å². The SMILES string of the molecule is O=C(NCCN1CCCCC1CO)c1ccc2[nH]ccc2c1. The summed E-state index contributed by atoms with van der Waals surface area (Å²) in [7, 11) is 0. The molecule has 1 aliphatic rings. The average molecular weight is 301 g/mol. The van der Waals surface area contributed by atoms with Gasteiger partial charge < -0.3 is 15.4 Å². The first-order chi connectivity index (χ1) is 10.8. The number of aromatic nitrogens is 1. The summed E-state index contributed by atoms with van der Waals surface area (Å²) in [4.78, 5) is 17.6. The van der Waals surface area contributed by atoms with Crippen molar-refractivity contribution in [3.05, 3.63) is 36.0 Å². The van der Waals surface area contributed by atoms with Gasteiger partial charge in [0.2, 0.25) is 0 Å². The van der Waals surface area contributed by atoms with Crippen molar-refractivity contribution in [3.63, 3.8) is 0 Å². The molecular formula is C17H23N3O2. The van der Waals surface area contributed by atoms with E-state index in [1.54, 1.807) is 0 Å². The molecule has 1 unspecified atom stereocenters. The first kappa shape index (κ1) is 15.1. The Morgan fingerprint density at radius 1 is 1.36 bits per heavy atom. The molecule has 3 rings (SSSR count). The highest BCUT2D eigenvalue weighted by molar-refractivity contribution is 5.98. The monoisotopic (exact) mass is 301 g/mol. The van der Waals surface area contributed by atoms with Crippen LogP contribution in [0.5, 0.6) is 0 Å². The van der Waals surface area contributed by atoms with Gasteiger partial charge in [-0.3, -0.25) is 9.69 Å². The Morgan fingerprint density at radius 3 is 3.14 bits per heavy atom. The van der Waals surface area contributed by atoms with Gasteiger partial charge in [-0.05, 0) is 43.7 Å². The zero-order chi connectivity index (χ0) is 15.4. The van der Waals surface area contributed by atoms with Crippen LogP contribution in [0.15, 0.2) is 30.5 Å². The molecule has 22 heavy (non-hydrogen) atoms. The molecule has 1 fully saturated rings. The summed E-state index contributed by atoms with van der Waals surface area (Å²) in [6, 6.07) is 7.88. The molecule has 1 aliphatic heterocycles. The van der Waals surface area contributed by atoms with Crippen LogP contribution in [0.3, 0.4) is 0 Å². The molecular weight excluding hydrogens is 278 g/mol. The van der Waals surface area contributed by atoms with Gasteiger partial charge in [-0.25, -0.2) is 0 Å². The fraction of sp³-hybridized carbons (Fsp3) is 0.471. The third-order valence-electron chi connectivity index (χ3n) is 4.46. The lowest BCUT2D eigenvalue weighted by atomic mass is 10.0. The van der Waals surface area contributed by atoms with Crippen molar-refractivity contribution in [2.24, 2.45) is 0 Å². The Labute approximate surface area is 130 Å². The van der Waals surface area contributed by atoms with Crippen molar-refractivity contribution >= 4 is 16.8 Å². The van der Waals surface area contributed by atoms with E-state index in [1.807, 2.05) is 30.5 Å². The van der Waals surface area contributed by atoms with Gasteiger partial charge in [0.25, 0.3) is 5.91 Å². The molecule has 0 saturated carbocycles. The first-order valence-corrected chi connectivity index (χ1v) is 7.98. The second-order valence-electron chi connectivity index (χ2n) is 5.90. The predicted molar refractivity (Wildman–Crippen MR) is 86.9 cm³/mol. The summed E-state index contributed by atoms with van der Waals surface area (Å²) in [6.07, 6.45) is 5.28. The quantitative estimate of drug-likeness (QED) is 0.788. The molecule has 5 nitrogen and oxygen atoms in total. The van der Waals surface area contributed by atoms with E-state index >= 15 is 0 Å². The summed E-state index contributed by atoms with van der Waals surface area (Å²) in [6.45, 7) is 2.62. The highest BCUT2D eigenvalue weighted by Crippen LogP contribution is 2.16. The standard InChI is InChI=1S/C17H23N3O2/c21-12-15-3-1-2-9-20(15)10-8-19-17(22)14-4-5-16-13(11-14)6-7-18-16/h4-7,11,15,18,21H,1-3,8-10,12H2,(H,19,22). The number of likely N-dealkylation sites (tertiary alicyclic amines) is 1. The van der Waals surface area contributed by atoms with E-state index in [0.717, 1.165) is 30.4 Å². The van der Waals surface area contributed by atoms with Crippen molar-refractivity contribution in [2.45, 2.75) is 25.3 Å². The molecule has 5 heteroatoms. The van der Waals surface area contributed by atoms with Crippen molar-refractivity contribution in [1.29, 1.82) is 0 Å². The van der Waals surface area contributed by atoms with Gasteiger partial charge in [-0.2, -0.15) is 0 Å². The minimum atomic E-state index is -0.0411. The lowest BCUT2D eigenvalue weighted by Crippen LogP contribution is -2.45. The lowest BCUT2D eigenvalue weighted by Gasteiger charge is -2.34. The molecule has 0 aliphatic carbocycles. The van der Waals surface area contributed by atoms with Crippen LogP contribution in [0.25, 0.3) is 10.9 Å². The molecule has 3 N–H and O–H groups in total. The molecule has 1 saturated heterocycles. The Balaban J connectivity index is 1.53. The summed E-state index contributed by atoms with van der Waals surface area (Å²) >= 11 is 0. The molecule has 0 radical (unpaired) electrons. The van der Waals surface area contributed by atoms with Crippen molar-refractivity contribution in [3.8, 4) is 0 Å². The predicted octanol–water partition coefficient (Wildman–Crippen LogP) is 1.74. The zero-order valence-electron chi connectivity index (χ0n) is 12.7. The number of benzene rings is 1. The van der Waals surface area contributed by atoms with Gasteiger partial charge in [-0.1, -0.05) is 6.42 Å². The maximum atomic E-state index is 12.2. The topological polar surface area (TPSA) is 68.4 Å². The lowest BCUT2D eigenvalue weighted by molar-refractivity contribution is 0.0849. The number of aliphatic hydroxyl groups excluding tert-OH is 1. The zero-order valence-corrected chi connectivity index (χ0v) is 12.7. The maximum absolute atomic E-state index is 12.2. The molecule has 1 amide bonds. The maximum Gasteiger partial charge on any atom is 0.251 e. The van der Waals surface area contributed by atoms with Gasteiger partial charge >= 0.3 is 0 Å². The van der Waals surface area contributed by atoms with Crippen LogP contribution in [0.1, 0.15) is 29.6 Å². The smallest absolute Gasteiger partial charge is 0.251 e. The second kappa shape index (κ2) is 6.94. The van der Waals surface area contributed by atoms with E-state index in [-0.39, 0.29) is 18.6 Å². The summed E-state index contributed by atoms with van der Waals surface area (Å²) < 4.78 is 0. The summed E-state index contributed by atoms with van der Waals surface area (Å²) in [5, 5.41) is 13.4. The van der Waals surface area contributed by atoms with E-state index in [0.29, 0.717) is 12.1 Å². The third-order valence-corrected chi connectivity index (χ3v) is 4.46. The molecule has 2 heterocycles. The molecule has 1 aromatic heterocycles. The number of nitrogens with zero attached hydrogens (tertiary/aromatic N) is 1.